The summed E-state index contributed by atoms with van der Waals surface area (Å²) in [5, 5.41) is 23.2. The Morgan fingerprint density at radius 2 is 1.23 bits per heavy atom. The van der Waals surface area contributed by atoms with Crippen molar-refractivity contribution >= 4 is 20.1 Å². The van der Waals surface area contributed by atoms with Gasteiger partial charge in [0.15, 0.2) is 0 Å². The molecule has 4 rings (SSSR count). The lowest BCUT2D eigenvalue weighted by Crippen LogP contribution is -2.11. The van der Waals surface area contributed by atoms with E-state index in [0.717, 1.165) is 11.1 Å². The van der Waals surface area contributed by atoms with Crippen molar-refractivity contribution in [3.63, 3.8) is 0 Å². The van der Waals surface area contributed by atoms with Crippen LogP contribution >= 0.6 is 0 Å². The number of pyridine rings is 2. The van der Waals surface area contributed by atoms with Gasteiger partial charge in [-0.3, -0.25) is 0 Å². The molecule has 2 N–H and O–H groups in total. The maximum atomic E-state index is 8.58. The van der Waals surface area contributed by atoms with E-state index in [1.54, 1.807) is 82.7 Å². The zero-order valence-electron chi connectivity index (χ0n) is 16.1. The van der Waals surface area contributed by atoms with E-state index in [4.69, 9.17) is 19.7 Å². The SMILES string of the molecule is ON=Cc1ccn(-c2ccc(O[B]Oc3ccc(-n4ccc(C=NO)c4)nc3)cn2)c1. The molecule has 4 aromatic rings. The van der Waals surface area contributed by atoms with Gasteiger partial charge < -0.3 is 28.9 Å². The van der Waals surface area contributed by atoms with E-state index in [9.17, 15) is 0 Å². The molecule has 0 unspecified atom stereocenters. The van der Waals surface area contributed by atoms with Gasteiger partial charge in [-0.25, -0.2) is 9.97 Å². The lowest BCUT2D eigenvalue weighted by molar-refractivity contribution is 0.321. The highest BCUT2D eigenvalue weighted by atomic mass is 16.6. The summed E-state index contributed by atoms with van der Waals surface area (Å²) in [5.74, 6) is 2.37. The van der Waals surface area contributed by atoms with Crippen molar-refractivity contribution in [3.8, 4) is 23.1 Å². The molecule has 0 aromatic carbocycles. The molecule has 4 aromatic heterocycles. The van der Waals surface area contributed by atoms with Crippen molar-refractivity contribution in [1.29, 1.82) is 0 Å². The molecule has 0 atom stereocenters. The molecule has 0 aliphatic carbocycles. The molecule has 0 bridgehead atoms. The third kappa shape index (κ3) is 4.91. The molecule has 0 saturated heterocycles. The van der Waals surface area contributed by atoms with Gasteiger partial charge in [-0.15, -0.1) is 0 Å². The highest BCUT2D eigenvalue weighted by Gasteiger charge is 2.06. The van der Waals surface area contributed by atoms with Gasteiger partial charge >= 0.3 is 7.69 Å². The Hall–Kier alpha value is -4.54. The van der Waals surface area contributed by atoms with Crippen LogP contribution in [0, 0.1) is 0 Å². The largest absolute Gasteiger partial charge is 0.658 e. The van der Waals surface area contributed by atoms with E-state index in [1.807, 2.05) is 0 Å². The van der Waals surface area contributed by atoms with E-state index in [0.29, 0.717) is 23.1 Å². The summed E-state index contributed by atoms with van der Waals surface area (Å²) in [6.07, 6.45) is 13.0. The predicted octanol–water partition coefficient (Wildman–Crippen LogP) is 2.67. The second kappa shape index (κ2) is 9.31. The molecule has 0 aliphatic heterocycles. The second-order valence-electron chi connectivity index (χ2n) is 6.23. The number of nitrogens with zero attached hydrogens (tertiary/aromatic N) is 6. The van der Waals surface area contributed by atoms with Gasteiger partial charge in [0.25, 0.3) is 0 Å². The Labute approximate surface area is 177 Å². The van der Waals surface area contributed by atoms with Crippen LogP contribution in [0.5, 0.6) is 11.5 Å². The predicted molar refractivity (Wildman–Crippen MR) is 113 cm³/mol. The Kier molecular flexibility index (Phi) is 5.94. The summed E-state index contributed by atoms with van der Waals surface area (Å²) < 4.78 is 14.5. The first-order valence-electron chi connectivity index (χ1n) is 9.04. The van der Waals surface area contributed by atoms with E-state index >= 15 is 0 Å². The molecular formula is C20H16BN6O4. The highest BCUT2D eigenvalue weighted by Crippen LogP contribution is 2.15. The van der Waals surface area contributed by atoms with Gasteiger partial charge in [0, 0.05) is 35.9 Å². The van der Waals surface area contributed by atoms with Gasteiger partial charge in [0.05, 0.1) is 24.8 Å². The lowest BCUT2D eigenvalue weighted by atomic mass is 10.3. The van der Waals surface area contributed by atoms with Crippen LogP contribution in [0.1, 0.15) is 11.1 Å². The topological polar surface area (TPSA) is 119 Å². The van der Waals surface area contributed by atoms with Crippen LogP contribution in [-0.2, 0) is 0 Å². The van der Waals surface area contributed by atoms with E-state index in [1.165, 1.54) is 20.1 Å². The molecule has 153 valence electrons. The first-order valence-corrected chi connectivity index (χ1v) is 9.04. The minimum atomic E-state index is 0.503. The molecule has 0 spiro atoms. The van der Waals surface area contributed by atoms with Gasteiger partial charge in [0.1, 0.15) is 23.1 Å². The van der Waals surface area contributed by atoms with Crippen molar-refractivity contribution in [3.05, 3.63) is 84.7 Å². The fourth-order valence-corrected chi connectivity index (χ4v) is 2.72. The third-order valence-electron chi connectivity index (χ3n) is 4.18. The maximum Gasteiger partial charge on any atom is 0.658 e. The molecule has 11 heteroatoms. The molecule has 0 fully saturated rings. The smallest absolute Gasteiger partial charge is 0.525 e. The normalized spacial score (nSPS) is 11.2. The Balaban J connectivity index is 1.30. The van der Waals surface area contributed by atoms with Gasteiger partial charge in [0.2, 0.25) is 0 Å². The number of hydrogen-bond acceptors (Lipinski definition) is 8. The van der Waals surface area contributed by atoms with E-state index in [2.05, 4.69) is 20.3 Å². The van der Waals surface area contributed by atoms with Crippen molar-refractivity contribution in [2.75, 3.05) is 0 Å². The van der Waals surface area contributed by atoms with Gasteiger partial charge in [-0.2, -0.15) is 0 Å². The Bertz CT molecular complexity index is 1090. The fraction of sp³-hybridized carbons (Fsp3) is 0. The number of aromatic nitrogens is 4. The molecular weight excluding hydrogens is 399 g/mol. The lowest BCUT2D eigenvalue weighted by Gasteiger charge is -2.08. The van der Waals surface area contributed by atoms with Gasteiger partial charge in [-0.05, 0) is 36.4 Å². The fourth-order valence-electron chi connectivity index (χ4n) is 2.72. The molecule has 0 saturated carbocycles. The first-order chi connectivity index (χ1) is 15.2. The quantitative estimate of drug-likeness (QED) is 0.198. The Morgan fingerprint density at radius 3 is 1.61 bits per heavy atom. The van der Waals surface area contributed by atoms with Crippen molar-refractivity contribution in [2.45, 2.75) is 0 Å². The van der Waals surface area contributed by atoms with Crippen LogP contribution in [0.4, 0.5) is 0 Å². The van der Waals surface area contributed by atoms with Crippen LogP contribution in [0.3, 0.4) is 0 Å². The summed E-state index contributed by atoms with van der Waals surface area (Å²) in [5.41, 5.74) is 1.50. The number of oxime groups is 2. The summed E-state index contributed by atoms with van der Waals surface area (Å²) >= 11 is 0. The second-order valence-corrected chi connectivity index (χ2v) is 6.23. The molecule has 10 nitrogen and oxygen atoms in total. The van der Waals surface area contributed by atoms with Crippen molar-refractivity contribution in [1.82, 2.24) is 19.1 Å². The summed E-state index contributed by atoms with van der Waals surface area (Å²) in [4.78, 5) is 8.65. The summed E-state index contributed by atoms with van der Waals surface area (Å²) in [7, 11) is 1.20. The average molecular weight is 415 g/mol. The molecule has 0 aliphatic rings. The van der Waals surface area contributed by atoms with Gasteiger partial charge in [-0.1, -0.05) is 10.3 Å². The minimum Gasteiger partial charge on any atom is -0.525 e. The molecule has 31 heavy (non-hydrogen) atoms. The molecule has 4 heterocycles. The zero-order valence-corrected chi connectivity index (χ0v) is 16.1. The number of rotatable bonds is 8. The van der Waals surface area contributed by atoms with Crippen LogP contribution < -0.4 is 9.31 Å². The van der Waals surface area contributed by atoms with Crippen LogP contribution in [0.25, 0.3) is 11.6 Å². The van der Waals surface area contributed by atoms with Crippen molar-refractivity contribution in [2.24, 2.45) is 10.3 Å². The van der Waals surface area contributed by atoms with E-state index in [-0.39, 0.29) is 0 Å². The third-order valence-corrected chi connectivity index (χ3v) is 4.18. The van der Waals surface area contributed by atoms with E-state index < -0.39 is 0 Å². The van der Waals surface area contributed by atoms with Crippen LogP contribution in [0.15, 0.2) is 83.9 Å². The zero-order chi connectivity index (χ0) is 21.5. The maximum absolute atomic E-state index is 8.58. The molecule has 0 amide bonds. The Morgan fingerprint density at radius 1 is 0.742 bits per heavy atom. The van der Waals surface area contributed by atoms with Crippen LogP contribution in [-0.4, -0.2) is 49.6 Å². The minimum absolute atomic E-state index is 0.503. The first kappa shape index (κ1) is 19.8. The van der Waals surface area contributed by atoms with Crippen molar-refractivity contribution < 1.29 is 19.7 Å². The molecule has 1 radical (unpaired) electrons. The number of hydrogen-bond donors (Lipinski definition) is 2. The average Bonchev–Trinajstić information content (AvgIpc) is 3.45. The summed E-state index contributed by atoms with van der Waals surface area (Å²) in [6, 6.07) is 10.7. The highest BCUT2D eigenvalue weighted by molar-refractivity contribution is 6.20. The standard InChI is InChI=1S/C20H16BN6O4/c28-24-9-15-5-7-26(13-15)19-3-1-17(11-22-19)30-21-31-18-2-4-20(23-12-18)27-8-6-16(14-27)10-25-29/h1-14,28-29H. The monoisotopic (exact) mass is 415 g/mol. The summed E-state index contributed by atoms with van der Waals surface area (Å²) in [6.45, 7) is 0. The van der Waals surface area contributed by atoms with Crippen LogP contribution in [0.2, 0.25) is 0 Å².